The number of carbonyl (C=O) groups is 1. The Labute approximate surface area is 82.7 Å². The third-order valence-electron chi connectivity index (χ3n) is 2.48. The molecule has 1 aromatic rings. The summed E-state index contributed by atoms with van der Waals surface area (Å²) in [5, 5.41) is 7.47. The van der Waals surface area contributed by atoms with E-state index in [2.05, 4.69) is 10.4 Å². The molecule has 76 valence electrons. The van der Waals surface area contributed by atoms with Crippen molar-refractivity contribution in [2.24, 2.45) is 7.05 Å². The Kier molecular flexibility index (Phi) is 2.49. The fourth-order valence-corrected chi connectivity index (χ4v) is 1.71. The second-order valence-corrected chi connectivity index (χ2v) is 3.55. The lowest BCUT2D eigenvalue weighted by atomic mass is 10.1. The largest absolute Gasteiger partial charge is 0.342 e. The van der Waals surface area contributed by atoms with Crippen LogP contribution in [0.5, 0.6) is 0 Å². The zero-order chi connectivity index (χ0) is 9.97. The molecule has 0 aromatic carbocycles. The van der Waals surface area contributed by atoms with E-state index in [1.807, 2.05) is 19.4 Å². The van der Waals surface area contributed by atoms with Crippen LogP contribution in [0.1, 0.15) is 11.6 Å². The lowest BCUT2D eigenvalue weighted by molar-refractivity contribution is -0.119. The normalized spacial score (nSPS) is 22.4. The van der Waals surface area contributed by atoms with Gasteiger partial charge >= 0.3 is 0 Å². The Bertz CT molecular complexity index is 322. The maximum Gasteiger partial charge on any atom is 0.209 e. The molecular formula is C9H14N4O. The van der Waals surface area contributed by atoms with Crippen LogP contribution in [0.4, 0.5) is 0 Å². The number of piperazine rings is 1. The molecule has 2 heterocycles. The summed E-state index contributed by atoms with van der Waals surface area (Å²) in [6.45, 7) is 2.37. The van der Waals surface area contributed by atoms with Gasteiger partial charge in [0.1, 0.15) is 0 Å². The van der Waals surface area contributed by atoms with Crippen molar-refractivity contribution in [3.63, 3.8) is 0 Å². The second-order valence-electron chi connectivity index (χ2n) is 3.55. The number of hydrogen-bond acceptors (Lipinski definition) is 3. The maximum absolute atomic E-state index is 10.6. The number of rotatable bonds is 2. The van der Waals surface area contributed by atoms with Crippen molar-refractivity contribution in [2.45, 2.75) is 6.04 Å². The molecule has 1 aliphatic rings. The molecule has 5 heteroatoms. The van der Waals surface area contributed by atoms with E-state index < -0.39 is 0 Å². The van der Waals surface area contributed by atoms with Crippen LogP contribution < -0.4 is 5.32 Å². The Balaban J connectivity index is 2.07. The van der Waals surface area contributed by atoms with Crippen LogP contribution in [0.15, 0.2) is 12.4 Å². The summed E-state index contributed by atoms with van der Waals surface area (Å²) in [6, 6.07) is 0.225. The predicted molar refractivity (Wildman–Crippen MR) is 51.6 cm³/mol. The Morgan fingerprint density at radius 1 is 1.71 bits per heavy atom. The Hall–Kier alpha value is -1.36. The van der Waals surface area contributed by atoms with Gasteiger partial charge in [-0.1, -0.05) is 0 Å². The van der Waals surface area contributed by atoms with Crippen LogP contribution in [-0.4, -0.2) is 40.7 Å². The van der Waals surface area contributed by atoms with Crippen molar-refractivity contribution in [3.8, 4) is 0 Å². The lowest BCUT2D eigenvalue weighted by Gasteiger charge is -2.30. The van der Waals surface area contributed by atoms with E-state index in [0.717, 1.165) is 31.6 Å². The lowest BCUT2D eigenvalue weighted by Crippen LogP contribution is -2.44. The second kappa shape index (κ2) is 3.79. The van der Waals surface area contributed by atoms with E-state index in [1.165, 1.54) is 0 Å². The van der Waals surface area contributed by atoms with Crippen LogP contribution >= 0.6 is 0 Å². The first-order chi connectivity index (χ1) is 6.79. The number of nitrogens with zero attached hydrogens (tertiary/aromatic N) is 3. The Morgan fingerprint density at radius 3 is 3.21 bits per heavy atom. The van der Waals surface area contributed by atoms with E-state index in [4.69, 9.17) is 0 Å². The number of hydrogen-bond donors (Lipinski definition) is 1. The quantitative estimate of drug-likeness (QED) is 0.647. The number of carbonyl (C=O) groups excluding carboxylic acids is 1. The highest BCUT2D eigenvalue weighted by molar-refractivity contribution is 5.47. The average Bonchev–Trinajstić information content (AvgIpc) is 2.65. The van der Waals surface area contributed by atoms with Gasteiger partial charge in [-0.05, 0) is 0 Å². The average molecular weight is 194 g/mol. The molecule has 0 aliphatic carbocycles. The van der Waals surface area contributed by atoms with Crippen LogP contribution in [0, 0.1) is 0 Å². The van der Waals surface area contributed by atoms with Gasteiger partial charge < -0.3 is 10.2 Å². The van der Waals surface area contributed by atoms with Crippen molar-refractivity contribution < 1.29 is 4.79 Å². The molecule has 0 bridgehead atoms. The third kappa shape index (κ3) is 1.77. The van der Waals surface area contributed by atoms with Gasteiger partial charge in [-0.25, -0.2) is 0 Å². The highest BCUT2D eigenvalue weighted by Gasteiger charge is 2.20. The molecule has 1 aromatic heterocycles. The fraction of sp³-hybridized carbons (Fsp3) is 0.556. The summed E-state index contributed by atoms with van der Waals surface area (Å²) in [4.78, 5) is 12.4. The Morgan fingerprint density at radius 2 is 2.57 bits per heavy atom. The maximum atomic E-state index is 10.6. The third-order valence-corrected chi connectivity index (χ3v) is 2.48. The zero-order valence-corrected chi connectivity index (χ0v) is 8.18. The highest BCUT2D eigenvalue weighted by atomic mass is 16.1. The SMILES string of the molecule is Cn1cc(C2CN(C=O)CCN2)cn1. The summed E-state index contributed by atoms with van der Waals surface area (Å²) < 4.78 is 1.77. The van der Waals surface area contributed by atoms with Gasteiger partial charge in [-0.2, -0.15) is 5.10 Å². The first-order valence-corrected chi connectivity index (χ1v) is 4.71. The summed E-state index contributed by atoms with van der Waals surface area (Å²) in [6.07, 6.45) is 4.72. The summed E-state index contributed by atoms with van der Waals surface area (Å²) in [5.74, 6) is 0. The molecule has 1 amide bonds. The van der Waals surface area contributed by atoms with E-state index in [0.29, 0.717) is 0 Å². The van der Waals surface area contributed by atoms with Crippen molar-refractivity contribution in [1.29, 1.82) is 0 Å². The molecule has 0 spiro atoms. The summed E-state index contributed by atoms with van der Waals surface area (Å²) in [5.41, 5.74) is 1.14. The molecule has 0 radical (unpaired) electrons. The minimum absolute atomic E-state index is 0.225. The van der Waals surface area contributed by atoms with Gasteiger partial charge in [0, 0.05) is 38.4 Å². The van der Waals surface area contributed by atoms with Crippen molar-refractivity contribution in [3.05, 3.63) is 18.0 Å². The molecule has 1 unspecified atom stereocenters. The standard InChI is InChI=1S/C9H14N4O/c1-12-5-8(4-11-12)9-6-13(7-14)3-2-10-9/h4-5,7,9-10H,2-3,6H2,1H3. The fourth-order valence-electron chi connectivity index (χ4n) is 1.71. The number of nitrogens with one attached hydrogen (secondary N) is 1. The van der Waals surface area contributed by atoms with Gasteiger partial charge in [-0.3, -0.25) is 9.48 Å². The van der Waals surface area contributed by atoms with E-state index >= 15 is 0 Å². The van der Waals surface area contributed by atoms with E-state index in [-0.39, 0.29) is 6.04 Å². The topological polar surface area (TPSA) is 50.2 Å². The first-order valence-electron chi connectivity index (χ1n) is 4.71. The van der Waals surface area contributed by atoms with E-state index in [9.17, 15) is 4.79 Å². The van der Waals surface area contributed by atoms with Gasteiger partial charge in [-0.15, -0.1) is 0 Å². The number of aromatic nitrogens is 2. The molecular weight excluding hydrogens is 180 g/mol. The molecule has 1 fully saturated rings. The number of amides is 1. The van der Waals surface area contributed by atoms with E-state index in [1.54, 1.807) is 9.58 Å². The molecule has 0 saturated carbocycles. The zero-order valence-electron chi connectivity index (χ0n) is 8.18. The van der Waals surface area contributed by atoms with Crippen molar-refractivity contribution in [1.82, 2.24) is 20.0 Å². The van der Waals surface area contributed by atoms with Crippen LogP contribution in [0.3, 0.4) is 0 Å². The smallest absolute Gasteiger partial charge is 0.209 e. The molecule has 1 N–H and O–H groups in total. The minimum atomic E-state index is 0.225. The van der Waals surface area contributed by atoms with Gasteiger partial charge in [0.15, 0.2) is 0 Å². The van der Waals surface area contributed by atoms with Gasteiger partial charge in [0.2, 0.25) is 6.41 Å². The summed E-state index contributed by atoms with van der Waals surface area (Å²) in [7, 11) is 1.89. The monoisotopic (exact) mass is 194 g/mol. The summed E-state index contributed by atoms with van der Waals surface area (Å²) >= 11 is 0. The van der Waals surface area contributed by atoms with Crippen molar-refractivity contribution in [2.75, 3.05) is 19.6 Å². The van der Waals surface area contributed by atoms with Crippen LogP contribution in [0.25, 0.3) is 0 Å². The molecule has 1 aliphatic heterocycles. The number of aryl methyl sites for hydroxylation is 1. The van der Waals surface area contributed by atoms with Gasteiger partial charge in [0.25, 0.3) is 0 Å². The molecule has 1 atom stereocenters. The van der Waals surface area contributed by atoms with Crippen LogP contribution in [0.2, 0.25) is 0 Å². The molecule has 2 rings (SSSR count). The molecule has 5 nitrogen and oxygen atoms in total. The molecule has 14 heavy (non-hydrogen) atoms. The van der Waals surface area contributed by atoms with Crippen molar-refractivity contribution >= 4 is 6.41 Å². The van der Waals surface area contributed by atoms with Gasteiger partial charge in [0.05, 0.1) is 12.2 Å². The molecule has 1 saturated heterocycles. The predicted octanol–water partition coefficient (Wildman–Crippen LogP) is -0.477. The highest BCUT2D eigenvalue weighted by Crippen LogP contribution is 2.15. The minimum Gasteiger partial charge on any atom is -0.342 e. The first kappa shape index (κ1) is 9.21. The van der Waals surface area contributed by atoms with Crippen LogP contribution in [-0.2, 0) is 11.8 Å².